The first kappa shape index (κ1) is 20.2. The molecule has 0 aliphatic heterocycles. The molecule has 1 aromatic heterocycles. The van der Waals surface area contributed by atoms with Crippen LogP contribution in [0.25, 0.3) is 0 Å². The van der Waals surface area contributed by atoms with Gasteiger partial charge in [-0.3, -0.25) is 0 Å². The molecular weight excluding hydrogens is 329 g/mol. The van der Waals surface area contributed by atoms with Crippen molar-refractivity contribution in [1.82, 2.24) is 4.98 Å². The number of nitrogens with two attached hydrogens (primary N) is 1. The van der Waals surface area contributed by atoms with E-state index in [1.807, 2.05) is 0 Å². The Morgan fingerprint density at radius 3 is 2.33 bits per heavy atom. The Kier molecular flexibility index (Phi) is 6.56. The topological polar surface area (TPSA) is 83.7 Å². The summed E-state index contributed by atoms with van der Waals surface area (Å²) < 4.78 is 54.3. The lowest BCUT2D eigenvalue weighted by atomic mass is 9.85. The van der Waals surface area contributed by atoms with Crippen molar-refractivity contribution in [1.29, 1.82) is 0 Å². The number of hydrogen-bond acceptors (Lipinski definition) is 5. The number of methoxy groups -OCH3 is 1. The molecule has 0 fully saturated rings. The van der Waals surface area contributed by atoms with Crippen molar-refractivity contribution in [2.45, 2.75) is 39.0 Å². The minimum absolute atomic E-state index is 0.111. The maximum Gasteiger partial charge on any atom is 0.433 e. The molecule has 2 N–H and O–H groups in total. The van der Waals surface area contributed by atoms with Crippen molar-refractivity contribution in [2.24, 2.45) is 5.73 Å². The van der Waals surface area contributed by atoms with E-state index in [0.717, 1.165) is 6.07 Å². The molecule has 0 aliphatic rings. The summed E-state index contributed by atoms with van der Waals surface area (Å²) in [6.45, 7) is 5.19. The van der Waals surface area contributed by atoms with Crippen LogP contribution in [0.5, 0.6) is 5.75 Å². The standard InChI is InChI=1S/C15H21F3N2O4/c1-14(2,3)9-7-11(15(16,17)18)20-10(8-23-6-5-22-4)12(9)24-13(19)21/h7H,5-6,8H2,1-4H3,(H2,19,21). The number of nitrogens with zero attached hydrogens (tertiary/aromatic N) is 1. The number of amides is 1. The second-order valence-corrected chi connectivity index (χ2v) is 6.05. The third-order valence-corrected chi connectivity index (χ3v) is 3.01. The Morgan fingerprint density at radius 1 is 1.25 bits per heavy atom. The van der Waals surface area contributed by atoms with Crippen molar-refractivity contribution in [3.8, 4) is 5.75 Å². The highest BCUT2D eigenvalue weighted by Gasteiger charge is 2.36. The number of hydrogen-bond donors (Lipinski definition) is 1. The number of carbonyl (C=O) groups is 1. The van der Waals surface area contributed by atoms with Gasteiger partial charge in [0.15, 0.2) is 5.75 Å². The van der Waals surface area contributed by atoms with E-state index in [9.17, 15) is 18.0 Å². The molecule has 0 saturated carbocycles. The molecular formula is C15H21F3N2O4. The van der Waals surface area contributed by atoms with Crippen LogP contribution in [-0.2, 0) is 27.7 Å². The van der Waals surface area contributed by atoms with Gasteiger partial charge in [-0.15, -0.1) is 0 Å². The second kappa shape index (κ2) is 7.80. The Hall–Kier alpha value is -1.87. The van der Waals surface area contributed by atoms with Gasteiger partial charge in [-0.25, -0.2) is 9.78 Å². The summed E-state index contributed by atoms with van der Waals surface area (Å²) in [5.74, 6) is -0.111. The molecule has 1 amide bonds. The summed E-state index contributed by atoms with van der Waals surface area (Å²) in [7, 11) is 1.46. The molecule has 0 radical (unpaired) electrons. The number of aromatic nitrogens is 1. The molecule has 0 unspecified atom stereocenters. The average Bonchev–Trinajstić information content (AvgIpc) is 2.41. The average molecular weight is 350 g/mol. The van der Waals surface area contributed by atoms with Crippen LogP contribution in [0.15, 0.2) is 6.07 Å². The molecule has 9 heteroatoms. The fourth-order valence-corrected chi connectivity index (χ4v) is 1.91. The Bertz CT molecular complexity index is 583. The van der Waals surface area contributed by atoms with Crippen LogP contribution in [0.4, 0.5) is 18.0 Å². The molecule has 24 heavy (non-hydrogen) atoms. The lowest BCUT2D eigenvalue weighted by Gasteiger charge is -2.25. The quantitative estimate of drug-likeness (QED) is 0.798. The van der Waals surface area contributed by atoms with E-state index in [-0.39, 0.29) is 36.8 Å². The third-order valence-electron chi connectivity index (χ3n) is 3.01. The van der Waals surface area contributed by atoms with Crippen LogP contribution in [0.3, 0.4) is 0 Å². The van der Waals surface area contributed by atoms with Gasteiger partial charge in [-0.1, -0.05) is 20.8 Å². The number of alkyl halides is 3. The first-order chi connectivity index (χ1) is 11.0. The molecule has 6 nitrogen and oxygen atoms in total. The predicted octanol–water partition coefficient (Wildman–Crippen LogP) is 3.02. The summed E-state index contributed by atoms with van der Waals surface area (Å²) in [6.07, 6.45) is -5.78. The molecule has 0 spiro atoms. The zero-order chi connectivity index (χ0) is 18.5. The van der Waals surface area contributed by atoms with E-state index in [4.69, 9.17) is 19.9 Å². The maximum atomic E-state index is 13.1. The number of halogens is 3. The van der Waals surface area contributed by atoms with Gasteiger partial charge in [0, 0.05) is 12.7 Å². The van der Waals surface area contributed by atoms with E-state index < -0.39 is 23.4 Å². The largest absolute Gasteiger partial charge is 0.433 e. The minimum atomic E-state index is -4.65. The smallest absolute Gasteiger partial charge is 0.408 e. The molecule has 1 aromatic rings. The van der Waals surface area contributed by atoms with Crippen LogP contribution in [0.1, 0.15) is 37.7 Å². The first-order valence-corrected chi connectivity index (χ1v) is 7.12. The summed E-state index contributed by atoms with van der Waals surface area (Å²) in [4.78, 5) is 14.7. The number of primary amides is 1. The van der Waals surface area contributed by atoms with Gasteiger partial charge in [-0.05, 0) is 11.5 Å². The van der Waals surface area contributed by atoms with Gasteiger partial charge >= 0.3 is 12.3 Å². The van der Waals surface area contributed by atoms with Crippen LogP contribution in [0.2, 0.25) is 0 Å². The molecule has 1 heterocycles. The summed E-state index contributed by atoms with van der Waals surface area (Å²) in [5, 5.41) is 0. The van der Waals surface area contributed by atoms with Crippen molar-refractivity contribution in [3.05, 3.63) is 23.0 Å². The predicted molar refractivity (Wildman–Crippen MR) is 79.7 cm³/mol. The summed E-state index contributed by atoms with van der Waals surface area (Å²) >= 11 is 0. The van der Waals surface area contributed by atoms with Crippen molar-refractivity contribution < 1.29 is 32.2 Å². The Balaban J connectivity index is 3.40. The highest BCUT2D eigenvalue weighted by Crippen LogP contribution is 2.38. The zero-order valence-corrected chi connectivity index (χ0v) is 14.0. The normalized spacial score (nSPS) is 12.3. The lowest BCUT2D eigenvalue weighted by Crippen LogP contribution is -2.24. The van der Waals surface area contributed by atoms with Gasteiger partial charge in [0.1, 0.15) is 11.4 Å². The van der Waals surface area contributed by atoms with Crippen molar-refractivity contribution in [2.75, 3.05) is 20.3 Å². The fraction of sp³-hybridized carbons (Fsp3) is 0.600. The van der Waals surface area contributed by atoms with Crippen LogP contribution in [0, 0.1) is 0 Å². The highest BCUT2D eigenvalue weighted by atomic mass is 19.4. The number of carbonyl (C=O) groups excluding carboxylic acids is 1. The maximum absolute atomic E-state index is 13.1. The van der Waals surface area contributed by atoms with Crippen molar-refractivity contribution in [3.63, 3.8) is 0 Å². The summed E-state index contributed by atoms with van der Waals surface area (Å²) in [5.41, 5.74) is 3.22. The van der Waals surface area contributed by atoms with E-state index in [0.29, 0.717) is 0 Å². The Morgan fingerprint density at radius 2 is 1.88 bits per heavy atom. The first-order valence-electron chi connectivity index (χ1n) is 7.12. The van der Waals surface area contributed by atoms with Gasteiger partial charge in [0.25, 0.3) is 0 Å². The van der Waals surface area contributed by atoms with Crippen LogP contribution in [-0.4, -0.2) is 31.4 Å². The SMILES string of the molecule is COCCOCc1nc(C(F)(F)F)cc(C(C)(C)C)c1OC(N)=O. The number of ether oxygens (including phenoxy) is 3. The van der Waals surface area contributed by atoms with Gasteiger partial charge in [-0.2, -0.15) is 13.2 Å². The van der Waals surface area contributed by atoms with Crippen molar-refractivity contribution >= 4 is 6.09 Å². The van der Waals surface area contributed by atoms with Crippen LogP contribution < -0.4 is 10.5 Å². The van der Waals surface area contributed by atoms with E-state index in [2.05, 4.69) is 4.98 Å². The molecule has 0 saturated heterocycles. The Labute approximate surface area is 138 Å². The molecule has 1 rings (SSSR count). The second-order valence-electron chi connectivity index (χ2n) is 6.05. The molecule has 0 aromatic carbocycles. The molecule has 0 aliphatic carbocycles. The van der Waals surface area contributed by atoms with Gasteiger partial charge < -0.3 is 19.9 Å². The molecule has 0 atom stereocenters. The van der Waals surface area contributed by atoms with E-state index in [1.165, 1.54) is 7.11 Å². The van der Waals surface area contributed by atoms with Gasteiger partial charge in [0.2, 0.25) is 0 Å². The third kappa shape index (κ3) is 5.64. The number of pyridine rings is 1. The molecule has 136 valence electrons. The summed E-state index contributed by atoms with van der Waals surface area (Å²) in [6, 6.07) is 0.858. The zero-order valence-electron chi connectivity index (χ0n) is 14.0. The molecule has 0 bridgehead atoms. The number of rotatable bonds is 6. The highest BCUT2D eigenvalue weighted by molar-refractivity contribution is 5.69. The van der Waals surface area contributed by atoms with E-state index in [1.54, 1.807) is 20.8 Å². The van der Waals surface area contributed by atoms with E-state index >= 15 is 0 Å². The van der Waals surface area contributed by atoms with Gasteiger partial charge in [0.05, 0.1) is 19.8 Å². The van der Waals surface area contributed by atoms with Crippen LogP contribution >= 0.6 is 0 Å². The monoisotopic (exact) mass is 350 g/mol. The lowest BCUT2D eigenvalue weighted by molar-refractivity contribution is -0.141. The minimum Gasteiger partial charge on any atom is -0.408 e. The fourth-order valence-electron chi connectivity index (χ4n) is 1.91.